The highest BCUT2D eigenvalue weighted by Crippen LogP contribution is 2.36. The summed E-state index contributed by atoms with van der Waals surface area (Å²) in [4.78, 5) is 0. The summed E-state index contributed by atoms with van der Waals surface area (Å²) < 4.78 is 38.9. The molecule has 3 nitrogen and oxygen atoms in total. The van der Waals surface area contributed by atoms with Crippen molar-refractivity contribution in [1.29, 1.82) is 0 Å². The molecule has 0 spiro atoms. The lowest BCUT2D eigenvalue weighted by molar-refractivity contribution is -0.137. The second kappa shape index (κ2) is 4.20. The molecule has 0 aliphatic rings. The number of halogens is 4. The Hall–Kier alpha value is -1.69. The van der Waals surface area contributed by atoms with E-state index in [1.807, 2.05) is 0 Å². The van der Waals surface area contributed by atoms with Crippen molar-refractivity contribution in [3.05, 3.63) is 35.0 Å². The average molecular weight is 276 g/mol. The Bertz CT molecular complexity index is 590. The summed E-state index contributed by atoms with van der Waals surface area (Å²) >= 11 is 5.86. The van der Waals surface area contributed by atoms with Gasteiger partial charge < -0.3 is 5.73 Å². The van der Waals surface area contributed by atoms with Crippen molar-refractivity contribution in [2.24, 2.45) is 7.05 Å². The number of hydrogen-bond acceptors (Lipinski definition) is 2. The molecule has 0 bridgehead atoms. The van der Waals surface area contributed by atoms with Gasteiger partial charge in [-0.05, 0) is 12.1 Å². The molecular formula is C11H9ClF3N3. The van der Waals surface area contributed by atoms with Gasteiger partial charge in [-0.15, -0.1) is 0 Å². The molecule has 2 aromatic rings. The Labute approximate surface area is 106 Å². The van der Waals surface area contributed by atoms with Gasteiger partial charge in [0.15, 0.2) is 0 Å². The summed E-state index contributed by atoms with van der Waals surface area (Å²) in [6.45, 7) is 0. The molecule has 2 rings (SSSR count). The molecule has 0 unspecified atom stereocenters. The molecule has 0 amide bonds. The highest BCUT2D eigenvalue weighted by Gasteiger charge is 2.31. The van der Waals surface area contributed by atoms with E-state index in [4.69, 9.17) is 17.3 Å². The van der Waals surface area contributed by atoms with Crippen LogP contribution in [-0.4, -0.2) is 9.78 Å². The van der Waals surface area contributed by atoms with Gasteiger partial charge in [-0.3, -0.25) is 4.68 Å². The number of alkyl halides is 3. The van der Waals surface area contributed by atoms with Gasteiger partial charge in [-0.25, -0.2) is 0 Å². The third kappa shape index (κ3) is 2.15. The van der Waals surface area contributed by atoms with E-state index in [0.717, 1.165) is 12.1 Å². The van der Waals surface area contributed by atoms with Crippen LogP contribution < -0.4 is 5.73 Å². The van der Waals surface area contributed by atoms with Gasteiger partial charge in [-0.1, -0.05) is 17.7 Å². The van der Waals surface area contributed by atoms with Crippen LogP contribution in [0.1, 0.15) is 5.56 Å². The monoisotopic (exact) mass is 275 g/mol. The molecule has 1 aromatic carbocycles. The molecular weight excluding hydrogens is 267 g/mol. The predicted molar refractivity (Wildman–Crippen MR) is 63.1 cm³/mol. The molecule has 0 atom stereocenters. The SMILES string of the molecule is Cn1ncc(-c2ccc(C(F)(F)F)cc2Cl)c1N. The van der Waals surface area contributed by atoms with Crippen LogP contribution in [0.5, 0.6) is 0 Å². The zero-order valence-corrected chi connectivity index (χ0v) is 10.0. The summed E-state index contributed by atoms with van der Waals surface area (Å²) in [6.07, 6.45) is -2.95. The summed E-state index contributed by atoms with van der Waals surface area (Å²) in [7, 11) is 1.64. The Kier molecular flexibility index (Phi) is 2.98. The van der Waals surface area contributed by atoms with Crippen LogP contribution in [0.15, 0.2) is 24.4 Å². The van der Waals surface area contributed by atoms with E-state index in [1.54, 1.807) is 7.05 Å². The van der Waals surface area contributed by atoms with Crippen LogP contribution in [-0.2, 0) is 13.2 Å². The molecule has 0 radical (unpaired) electrons. The number of rotatable bonds is 1. The van der Waals surface area contributed by atoms with E-state index in [-0.39, 0.29) is 5.02 Å². The van der Waals surface area contributed by atoms with E-state index >= 15 is 0 Å². The van der Waals surface area contributed by atoms with Crippen molar-refractivity contribution in [2.45, 2.75) is 6.18 Å². The lowest BCUT2D eigenvalue weighted by Crippen LogP contribution is -2.04. The zero-order chi connectivity index (χ0) is 13.5. The zero-order valence-electron chi connectivity index (χ0n) is 9.29. The fraction of sp³-hybridized carbons (Fsp3) is 0.182. The molecule has 0 saturated heterocycles. The Morgan fingerprint density at radius 3 is 2.39 bits per heavy atom. The number of anilines is 1. The van der Waals surface area contributed by atoms with Gasteiger partial charge in [0.2, 0.25) is 0 Å². The van der Waals surface area contributed by atoms with Crippen LogP contribution in [0.25, 0.3) is 11.1 Å². The van der Waals surface area contributed by atoms with Crippen LogP contribution in [0.3, 0.4) is 0 Å². The summed E-state index contributed by atoms with van der Waals surface area (Å²) in [5.41, 5.74) is 5.89. The van der Waals surface area contributed by atoms with Crippen LogP contribution in [0.4, 0.5) is 19.0 Å². The van der Waals surface area contributed by atoms with Gasteiger partial charge in [0.05, 0.1) is 11.8 Å². The molecule has 2 N–H and O–H groups in total. The van der Waals surface area contributed by atoms with Gasteiger partial charge in [-0.2, -0.15) is 18.3 Å². The maximum atomic E-state index is 12.5. The number of hydrogen-bond donors (Lipinski definition) is 1. The average Bonchev–Trinajstić information content (AvgIpc) is 2.59. The van der Waals surface area contributed by atoms with Crippen molar-refractivity contribution in [2.75, 3.05) is 5.73 Å². The minimum atomic E-state index is -4.41. The highest BCUT2D eigenvalue weighted by atomic mass is 35.5. The second-order valence-corrected chi connectivity index (χ2v) is 4.17. The minimum Gasteiger partial charge on any atom is -0.383 e. The van der Waals surface area contributed by atoms with E-state index in [9.17, 15) is 13.2 Å². The first kappa shape index (κ1) is 12.8. The molecule has 18 heavy (non-hydrogen) atoms. The number of aromatic nitrogens is 2. The molecule has 0 saturated carbocycles. The first-order valence-corrected chi connectivity index (χ1v) is 5.33. The first-order valence-electron chi connectivity index (χ1n) is 4.95. The molecule has 0 aliphatic heterocycles. The van der Waals surface area contributed by atoms with Gasteiger partial charge in [0, 0.05) is 23.2 Å². The lowest BCUT2D eigenvalue weighted by Gasteiger charge is -2.09. The fourth-order valence-corrected chi connectivity index (χ4v) is 1.85. The van der Waals surface area contributed by atoms with E-state index in [1.165, 1.54) is 16.9 Å². The maximum absolute atomic E-state index is 12.5. The Morgan fingerprint density at radius 1 is 1.28 bits per heavy atom. The topological polar surface area (TPSA) is 43.8 Å². The number of nitrogens with zero attached hydrogens (tertiary/aromatic N) is 2. The molecule has 1 heterocycles. The number of nitrogen functional groups attached to an aromatic ring is 1. The molecule has 96 valence electrons. The minimum absolute atomic E-state index is 0.00970. The van der Waals surface area contributed by atoms with Crippen LogP contribution in [0, 0.1) is 0 Å². The number of nitrogens with two attached hydrogens (primary N) is 1. The lowest BCUT2D eigenvalue weighted by atomic mass is 10.1. The number of benzene rings is 1. The summed E-state index contributed by atoms with van der Waals surface area (Å²) in [5.74, 6) is 0.344. The Balaban J connectivity index is 2.52. The second-order valence-electron chi connectivity index (χ2n) is 3.76. The predicted octanol–water partition coefficient (Wildman–Crippen LogP) is 3.34. The van der Waals surface area contributed by atoms with Gasteiger partial charge in [0.25, 0.3) is 0 Å². The summed E-state index contributed by atoms with van der Waals surface area (Å²) in [6, 6.07) is 3.13. The van der Waals surface area contributed by atoms with Crippen LogP contribution in [0.2, 0.25) is 5.02 Å². The summed E-state index contributed by atoms with van der Waals surface area (Å²) in [5, 5.41) is 3.91. The maximum Gasteiger partial charge on any atom is 0.416 e. The number of aryl methyl sites for hydroxylation is 1. The van der Waals surface area contributed by atoms with Gasteiger partial charge in [0.1, 0.15) is 5.82 Å². The Morgan fingerprint density at radius 2 is 1.94 bits per heavy atom. The molecule has 0 aliphatic carbocycles. The van der Waals surface area contributed by atoms with Crippen molar-refractivity contribution in [1.82, 2.24) is 9.78 Å². The smallest absolute Gasteiger partial charge is 0.383 e. The van der Waals surface area contributed by atoms with Crippen molar-refractivity contribution in [3.63, 3.8) is 0 Å². The van der Waals surface area contributed by atoms with E-state index in [2.05, 4.69) is 5.10 Å². The highest BCUT2D eigenvalue weighted by molar-refractivity contribution is 6.33. The van der Waals surface area contributed by atoms with E-state index < -0.39 is 11.7 Å². The molecule has 0 fully saturated rings. The quantitative estimate of drug-likeness (QED) is 0.867. The van der Waals surface area contributed by atoms with Gasteiger partial charge >= 0.3 is 6.18 Å². The van der Waals surface area contributed by atoms with Crippen molar-refractivity contribution >= 4 is 17.4 Å². The van der Waals surface area contributed by atoms with E-state index in [0.29, 0.717) is 16.9 Å². The fourth-order valence-electron chi connectivity index (χ4n) is 1.56. The molecule has 7 heteroatoms. The van der Waals surface area contributed by atoms with Crippen LogP contribution >= 0.6 is 11.6 Å². The largest absolute Gasteiger partial charge is 0.416 e. The van der Waals surface area contributed by atoms with Crippen molar-refractivity contribution in [3.8, 4) is 11.1 Å². The van der Waals surface area contributed by atoms with Crippen molar-refractivity contribution < 1.29 is 13.2 Å². The molecule has 1 aromatic heterocycles. The first-order chi connectivity index (χ1) is 8.30. The standard InChI is InChI=1S/C11H9ClF3N3/c1-18-10(16)8(5-17-18)7-3-2-6(4-9(7)12)11(13,14)15/h2-5H,16H2,1H3. The third-order valence-corrected chi connectivity index (χ3v) is 2.88. The normalized spacial score (nSPS) is 11.8. The third-order valence-electron chi connectivity index (χ3n) is 2.57.